The Labute approximate surface area is 192 Å². The molecule has 1 amide bonds. The van der Waals surface area contributed by atoms with Gasteiger partial charge in [-0.05, 0) is 27.0 Å². The van der Waals surface area contributed by atoms with Crippen LogP contribution >= 0.6 is 0 Å². The first-order valence-electron chi connectivity index (χ1n) is 11.3. The predicted octanol–water partition coefficient (Wildman–Crippen LogP) is 1.37. The van der Waals surface area contributed by atoms with E-state index in [1.165, 1.54) is 10.7 Å². The SMILES string of the molecule is Cc1c2cnn(CC(=O)NCCN3CCN(C)CC3)c(=O)c2c(C)n1Cc1ccccc1F. The van der Waals surface area contributed by atoms with Crippen LogP contribution in [0.2, 0.25) is 0 Å². The fourth-order valence-corrected chi connectivity index (χ4v) is 4.41. The number of nitrogens with one attached hydrogen (secondary N) is 1. The molecular weight excluding hydrogens is 423 g/mol. The number of hydrogen-bond acceptors (Lipinski definition) is 5. The molecule has 0 saturated carbocycles. The number of nitrogens with zero attached hydrogens (tertiary/aromatic N) is 5. The van der Waals surface area contributed by atoms with Crippen molar-refractivity contribution in [1.29, 1.82) is 0 Å². The smallest absolute Gasteiger partial charge is 0.276 e. The highest BCUT2D eigenvalue weighted by Crippen LogP contribution is 2.23. The van der Waals surface area contributed by atoms with Gasteiger partial charge in [0.2, 0.25) is 5.91 Å². The van der Waals surface area contributed by atoms with Crippen LogP contribution in [-0.2, 0) is 17.9 Å². The molecule has 1 saturated heterocycles. The van der Waals surface area contributed by atoms with Gasteiger partial charge in [-0.3, -0.25) is 14.5 Å². The van der Waals surface area contributed by atoms with Crippen LogP contribution in [0.5, 0.6) is 0 Å². The Balaban J connectivity index is 1.46. The first-order chi connectivity index (χ1) is 15.8. The van der Waals surface area contributed by atoms with E-state index in [0.29, 0.717) is 24.0 Å². The molecule has 0 spiro atoms. The summed E-state index contributed by atoms with van der Waals surface area (Å²) >= 11 is 0. The van der Waals surface area contributed by atoms with Crippen molar-refractivity contribution in [2.45, 2.75) is 26.9 Å². The third-order valence-corrected chi connectivity index (χ3v) is 6.53. The summed E-state index contributed by atoms with van der Waals surface area (Å²) in [6.07, 6.45) is 1.62. The van der Waals surface area contributed by atoms with Gasteiger partial charge >= 0.3 is 0 Å². The molecule has 3 aromatic rings. The lowest BCUT2D eigenvalue weighted by molar-refractivity contribution is -0.122. The largest absolute Gasteiger partial charge is 0.353 e. The van der Waals surface area contributed by atoms with E-state index in [4.69, 9.17) is 0 Å². The van der Waals surface area contributed by atoms with Crippen LogP contribution in [0.25, 0.3) is 10.8 Å². The number of hydrogen-bond donors (Lipinski definition) is 1. The molecule has 0 aliphatic carbocycles. The van der Waals surface area contributed by atoms with Crippen molar-refractivity contribution in [2.75, 3.05) is 46.3 Å². The maximum Gasteiger partial charge on any atom is 0.276 e. The van der Waals surface area contributed by atoms with E-state index in [-0.39, 0.29) is 23.8 Å². The monoisotopic (exact) mass is 454 g/mol. The molecule has 8 nitrogen and oxygen atoms in total. The Hall–Kier alpha value is -3.04. The van der Waals surface area contributed by atoms with E-state index in [0.717, 1.165) is 49.5 Å². The first kappa shape index (κ1) is 23.1. The Morgan fingerprint density at radius 1 is 1.12 bits per heavy atom. The van der Waals surface area contributed by atoms with Crippen LogP contribution in [0.15, 0.2) is 35.3 Å². The van der Waals surface area contributed by atoms with E-state index >= 15 is 0 Å². The molecule has 1 fully saturated rings. The van der Waals surface area contributed by atoms with Crippen LogP contribution in [0, 0.1) is 19.7 Å². The average molecular weight is 455 g/mol. The molecule has 176 valence electrons. The van der Waals surface area contributed by atoms with Crippen molar-refractivity contribution in [1.82, 2.24) is 29.5 Å². The van der Waals surface area contributed by atoms with Gasteiger partial charge in [-0.2, -0.15) is 5.10 Å². The number of carbonyl (C=O) groups excluding carboxylic acids is 1. The molecule has 1 aliphatic heterocycles. The molecule has 0 radical (unpaired) electrons. The normalized spacial score (nSPS) is 15.3. The number of piperazine rings is 1. The second-order valence-electron chi connectivity index (χ2n) is 8.74. The van der Waals surface area contributed by atoms with Gasteiger partial charge in [-0.1, -0.05) is 18.2 Å². The predicted molar refractivity (Wildman–Crippen MR) is 126 cm³/mol. The van der Waals surface area contributed by atoms with Crippen LogP contribution in [0.1, 0.15) is 17.0 Å². The highest BCUT2D eigenvalue weighted by molar-refractivity contribution is 5.87. The van der Waals surface area contributed by atoms with Crippen molar-refractivity contribution in [3.05, 3.63) is 63.6 Å². The highest BCUT2D eigenvalue weighted by Gasteiger charge is 2.18. The van der Waals surface area contributed by atoms with Crippen LogP contribution in [0.3, 0.4) is 0 Å². The summed E-state index contributed by atoms with van der Waals surface area (Å²) in [7, 11) is 2.11. The fourth-order valence-electron chi connectivity index (χ4n) is 4.41. The van der Waals surface area contributed by atoms with E-state index in [1.807, 2.05) is 18.4 Å². The number of benzene rings is 1. The van der Waals surface area contributed by atoms with E-state index < -0.39 is 0 Å². The second-order valence-corrected chi connectivity index (χ2v) is 8.74. The van der Waals surface area contributed by atoms with Crippen molar-refractivity contribution in [3.8, 4) is 0 Å². The van der Waals surface area contributed by atoms with Crippen molar-refractivity contribution < 1.29 is 9.18 Å². The van der Waals surface area contributed by atoms with Gasteiger partial charge in [0, 0.05) is 61.6 Å². The number of likely N-dealkylation sites (N-methyl/N-ethyl adjacent to an activating group) is 1. The summed E-state index contributed by atoms with van der Waals surface area (Å²) in [6, 6.07) is 6.62. The molecule has 0 atom stereocenters. The Morgan fingerprint density at radius 3 is 2.58 bits per heavy atom. The molecular formula is C24H31FN6O2. The minimum atomic E-state index is -0.311. The number of rotatable bonds is 7. The van der Waals surface area contributed by atoms with Crippen molar-refractivity contribution in [3.63, 3.8) is 0 Å². The van der Waals surface area contributed by atoms with Crippen LogP contribution in [0.4, 0.5) is 4.39 Å². The lowest BCUT2D eigenvalue weighted by atomic mass is 10.2. The highest BCUT2D eigenvalue weighted by atomic mass is 19.1. The zero-order chi connectivity index (χ0) is 23.5. The zero-order valence-electron chi connectivity index (χ0n) is 19.5. The topological polar surface area (TPSA) is 75.4 Å². The molecule has 1 aliphatic rings. The summed E-state index contributed by atoms with van der Waals surface area (Å²) < 4.78 is 17.3. The van der Waals surface area contributed by atoms with E-state index in [9.17, 15) is 14.0 Å². The van der Waals surface area contributed by atoms with Gasteiger partial charge in [-0.15, -0.1) is 0 Å². The van der Waals surface area contributed by atoms with Gasteiger partial charge in [0.1, 0.15) is 12.4 Å². The molecule has 0 bridgehead atoms. The summed E-state index contributed by atoms with van der Waals surface area (Å²) in [5.41, 5.74) is 1.83. The summed E-state index contributed by atoms with van der Waals surface area (Å²) in [5.74, 6) is -0.518. The minimum Gasteiger partial charge on any atom is -0.353 e. The van der Waals surface area contributed by atoms with E-state index in [2.05, 4.69) is 27.3 Å². The van der Waals surface area contributed by atoms with Gasteiger partial charge in [0.25, 0.3) is 5.56 Å². The quantitative estimate of drug-likeness (QED) is 0.584. The Kier molecular flexibility index (Phi) is 6.90. The number of halogens is 1. The fraction of sp³-hybridized carbons (Fsp3) is 0.458. The first-order valence-corrected chi connectivity index (χ1v) is 11.3. The molecule has 4 rings (SSSR count). The lowest BCUT2D eigenvalue weighted by Gasteiger charge is -2.32. The number of carbonyl (C=O) groups is 1. The standard InChI is InChI=1S/C24H31FN6O2/c1-17-20-14-27-31(16-22(32)26-8-9-29-12-10-28(3)11-13-29)24(33)23(20)18(2)30(17)15-19-6-4-5-7-21(19)25/h4-7,14H,8-13,15-16H2,1-3H3,(H,26,32). The molecule has 1 N–H and O–H groups in total. The Morgan fingerprint density at radius 2 is 1.85 bits per heavy atom. The zero-order valence-corrected chi connectivity index (χ0v) is 19.5. The number of aryl methyl sites for hydroxylation is 2. The minimum absolute atomic E-state index is 0.130. The number of amides is 1. The summed E-state index contributed by atoms with van der Waals surface area (Å²) in [4.78, 5) is 30.2. The van der Waals surface area contributed by atoms with Crippen LogP contribution < -0.4 is 10.9 Å². The van der Waals surface area contributed by atoms with Crippen molar-refractivity contribution >= 4 is 16.7 Å². The average Bonchev–Trinajstić information content (AvgIpc) is 3.03. The van der Waals surface area contributed by atoms with Gasteiger partial charge in [-0.25, -0.2) is 9.07 Å². The molecule has 2 aromatic heterocycles. The van der Waals surface area contributed by atoms with Crippen LogP contribution in [-0.4, -0.2) is 76.4 Å². The van der Waals surface area contributed by atoms with Gasteiger partial charge < -0.3 is 14.8 Å². The molecule has 9 heteroatoms. The van der Waals surface area contributed by atoms with E-state index in [1.54, 1.807) is 24.4 Å². The third-order valence-electron chi connectivity index (χ3n) is 6.53. The van der Waals surface area contributed by atoms with Gasteiger partial charge in [0.05, 0.1) is 18.1 Å². The molecule has 1 aromatic carbocycles. The maximum absolute atomic E-state index is 14.2. The summed E-state index contributed by atoms with van der Waals surface area (Å²) in [5, 5.41) is 8.37. The van der Waals surface area contributed by atoms with Crippen molar-refractivity contribution in [2.24, 2.45) is 0 Å². The number of aromatic nitrogens is 3. The molecule has 3 heterocycles. The molecule has 33 heavy (non-hydrogen) atoms. The maximum atomic E-state index is 14.2. The third kappa shape index (κ3) is 4.99. The van der Waals surface area contributed by atoms with Gasteiger partial charge in [0.15, 0.2) is 0 Å². The summed E-state index contributed by atoms with van der Waals surface area (Å²) in [6.45, 7) is 9.31. The Bertz CT molecular complexity index is 1210. The second kappa shape index (κ2) is 9.84. The molecule has 0 unspecified atom stereocenters. The lowest BCUT2D eigenvalue weighted by Crippen LogP contribution is -2.47. The number of fused-ring (bicyclic) bond motifs is 1.